The molecular weight excluding hydrogens is 472 g/mol. The van der Waals surface area contributed by atoms with Gasteiger partial charge in [-0.15, -0.1) is 0 Å². The summed E-state index contributed by atoms with van der Waals surface area (Å²) in [5.74, 6) is 2.29. The molecule has 0 aliphatic carbocycles. The zero-order valence-corrected chi connectivity index (χ0v) is 19.2. The number of hydrogen-bond donors (Lipinski definition) is 1. The molecule has 6 rings (SSSR count). The summed E-state index contributed by atoms with van der Waals surface area (Å²) in [4.78, 5) is 15.9. The van der Waals surface area contributed by atoms with Crippen LogP contribution in [0, 0.1) is 0 Å². The molecule has 178 valence electrons. The lowest BCUT2D eigenvalue weighted by molar-refractivity contribution is 0.173. The van der Waals surface area contributed by atoms with Crippen molar-refractivity contribution in [2.45, 2.75) is 18.0 Å². The van der Waals surface area contributed by atoms with Crippen LogP contribution in [0.1, 0.15) is 11.1 Å². The summed E-state index contributed by atoms with van der Waals surface area (Å²) in [7, 11) is -3.93. The number of nitrogens with one attached hydrogen (secondary N) is 1. The van der Waals surface area contributed by atoms with E-state index in [1.54, 1.807) is 54.6 Å². The molecule has 0 saturated heterocycles. The van der Waals surface area contributed by atoms with E-state index in [1.807, 2.05) is 0 Å². The normalized spacial score (nSPS) is 14.1. The molecule has 35 heavy (non-hydrogen) atoms. The fourth-order valence-corrected chi connectivity index (χ4v) is 5.59. The zero-order chi connectivity index (χ0) is 24.0. The van der Waals surface area contributed by atoms with Gasteiger partial charge in [0.1, 0.15) is 0 Å². The highest BCUT2D eigenvalue weighted by Gasteiger charge is 2.27. The molecule has 0 radical (unpaired) electrons. The molecule has 2 aliphatic heterocycles. The van der Waals surface area contributed by atoms with Crippen molar-refractivity contribution in [1.29, 1.82) is 0 Å². The third-order valence-corrected chi connectivity index (χ3v) is 7.74. The molecule has 0 bridgehead atoms. The largest absolute Gasteiger partial charge is 0.454 e. The summed E-state index contributed by atoms with van der Waals surface area (Å²) >= 11 is 0. The van der Waals surface area contributed by atoms with Crippen molar-refractivity contribution in [3.05, 3.63) is 88.2 Å². The SMILES string of the molecule is O=c1[nH]c2cc3c(cc2cc1CN(Cc1ccc2c(c1)OCO2)S(=O)(=O)c1ccccc1)OCO3. The molecule has 0 spiro atoms. The van der Waals surface area contributed by atoms with Crippen LogP contribution >= 0.6 is 0 Å². The first-order valence-corrected chi connectivity index (χ1v) is 12.3. The Balaban J connectivity index is 1.40. The van der Waals surface area contributed by atoms with E-state index in [-0.39, 0.29) is 37.1 Å². The number of aromatic nitrogens is 1. The molecule has 0 atom stereocenters. The van der Waals surface area contributed by atoms with E-state index in [4.69, 9.17) is 18.9 Å². The van der Waals surface area contributed by atoms with Crippen LogP contribution in [0.3, 0.4) is 0 Å². The molecule has 1 N–H and O–H groups in total. The maximum atomic E-state index is 13.6. The van der Waals surface area contributed by atoms with Gasteiger partial charge in [0.25, 0.3) is 5.56 Å². The van der Waals surface area contributed by atoms with Gasteiger partial charge in [-0.1, -0.05) is 24.3 Å². The Morgan fingerprint density at radius 3 is 2.23 bits per heavy atom. The van der Waals surface area contributed by atoms with Crippen LogP contribution in [0.15, 0.2) is 76.4 Å². The average molecular weight is 493 g/mol. The predicted molar refractivity (Wildman–Crippen MR) is 126 cm³/mol. The van der Waals surface area contributed by atoms with Crippen molar-refractivity contribution in [3.8, 4) is 23.0 Å². The number of aromatic amines is 1. The van der Waals surface area contributed by atoms with Gasteiger partial charge in [0.05, 0.1) is 10.4 Å². The van der Waals surface area contributed by atoms with Crippen molar-refractivity contribution in [2.75, 3.05) is 13.6 Å². The standard InChI is InChI=1S/C25H20N2O7S/c28-25-18(9-17-10-23-24(34-15-33-23)11-20(17)26-25)13-27(35(29,30)19-4-2-1-3-5-19)12-16-6-7-21-22(8-16)32-14-31-21/h1-11H,12-15H2,(H,26,28). The first-order valence-electron chi connectivity index (χ1n) is 10.9. The molecule has 0 saturated carbocycles. The highest BCUT2D eigenvalue weighted by Crippen LogP contribution is 2.36. The number of hydrogen-bond acceptors (Lipinski definition) is 7. The third-order valence-electron chi connectivity index (χ3n) is 5.94. The lowest BCUT2D eigenvalue weighted by Crippen LogP contribution is -2.32. The number of H-pyrrole nitrogens is 1. The minimum absolute atomic E-state index is 0.0342. The highest BCUT2D eigenvalue weighted by molar-refractivity contribution is 7.89. The summed E-state index contributed by atoms with van der Waals surface area (Å²) in [6.07, 6.45) is 0. The molecule has 0 amide bonds. The second kappa shape index (κ2) is 8.33. The van der Waals surface area contributed by atoms with E-state index in [0.717, 1.165) is 0 Å². The summed E-state index contributed by atoms with van der Waals surface area (Å²) < 4.78 is 50.2. The van der Waals surface area contributed by atoms with E-state index in [0.29, 0.717) is 45.0 Å². The van der Waals surface area contributed by atoms with E-state index in [2.05, 4.69) is 4.98 Å². The lowest BCUT2D eigenvalue weighted by atomic mass is 10.1. The molecule has 3 aromatic carbocycles. The quantitative estimate of drug-likeness (QED) is 0.440. The molecular formula is C25H20N2O7S. The minimum Gasteiger partial charge on any atom is -0.454 e. The van der Waals surface area contributed by atoms with Gasteiger partial charge in [-0.3, -0.25) is 4.79 Å². The van der Waals surface area contributed by atoms with E-state index >= 15 is 0 Å². The first-order chi connectivity index (χ1) is 17.0. The van der Waals surface area contributed by atoms with Gasteiger partial charge < -0.3 is 23.9 Å². The van der Waals surface area contributed by atoms with E-state index in [1.165, 1.54) is 16.4 Å². The number of rotatable bonds is 6. The van der Waals surface area contributed by atoms with Crippen LogP contribution in [-0.2, 0) is 23.1 Å². The van der Waals surface area contributed by atoms with Gasteiger partial charge in [0, 0.05) is 30.1 Å². The number of ether oxygens (including phenoxy) is 4. The number of nitrogens with zero attached hydrogens (tertiary/aromatic N) is 1. The fourth-order valence-electron chi connectivity index (χ4n) is 4.16. The van der Waals surface area contributed by atoms with Gasteiger partial charge in [0.15, 0.2) is 23.0 Å². The Kier molecular flexibility index (Phi) is 5.12. The molecule has 2 aliphatic rings. The van der Waals surface area contributed by atoms with Crippen LogP contribution < -0.4 is 24.5 Å². The monoisotopic (exact) mass is 492 g/mol. The summed E-state index contributed by atoms with van der Waals surface area (Å²) in [5, 5.41) is 0.712. The van der Waals surface area contributed by atoms with Crippen molar-refractivity contribution in [1.82, 2.24) is 9.29 Å². The summed E-state index contributed by atoms with van der Waals surface area (Å²) in [5.41, 5.74) is 1.21. The first kappa shape index (κ1) is 21.5. The van der Waals surface area contributed by atoms with Crippen LogP contribution in [-0.4, -0.2) is 31.3 Å². The Bertz CT molecular complexity index is 1600. The molecule has 3 heterocycles. The Morgan fingerprint density at radius 1 is 0.771 bits per heavy atom. The maximum absolute atomic E-state index is 13.6. The Morgan fingerprint density at radius 2 is 1.46 bits per heavy atom. The topological polar surface area (TPSA) is 107 Å². The van der Waals surface area contributed by atoms with Crippen molar-refractivity contribution in [2.24, 2.45) is 0 Å². The van der Waals surface area contributed by atoms with Crippen LogP contribution in [0.5, 0.6) is 23.0 Å². The molecule has 10 heteroatoms. The molecule has 1 aromatic heterocycles. The number of benzene rings is 3. The summed E-state index contributed by atoms with van der Waals surface area (Å²) in [6, 6.07) is 18.6. The van der Waals surface area contributed by atoms with Gasteiger partial charge in [-0.2, -0.15) is 4.31 Å². The maximum Gasteiger partial charge on any atom is 0.252 e. The average Bonchev–Trinajstić information content (AvgIpc) is 3.52. The van der Waals surface area contributed by atoms with Gasteiger partial charge in [0.2, 0.25) is 23.6 Å². The van der Waals surface area contributed by atoms with Crippen molar-refractivity contribution >= 4 is 20.9 Å². The lowest BCUT2D eigenvalue weighted by Gasteiger charge is -2.22. The van der Waals surface area contributed by atoms with Gasteiger partial charge in [-0.25, -0.2) is 8.42 Å². The Labute approximate surface area is 200 Å². The van der Waals surface area contributed by atoms with Crippen molar-refractivity contribution < 1.29 is 27.4 Å². The molecule has 0 unspecified atom stereocenters. The second-order valence-corrected chi connectivity index (χ2v) is 10.1. The van der Waals surface area contributed by atoms with E-state index < -0.39 is 10.0 Å². The fraction of sp³-hybridized carbons (Fsp3) is 0.160. The summed E-state index contributed by atoms with van der Waals surface area (Å²) in [6.45, 7) is 0.134. The second-order valence-electron chi connectivity index (χ2n) is 8.19. The number of fused-ring (bicyclic) bond motifs is 3. The Hall–Kier alpha value is -4.02. The smallest absolute Gasteiger partial charge is 0.252 e. The molecule has 9 nitrogen and oxygen atoms in total. The molecule has 4 aromatic rings. The van der Waals surface area contributed by atoms with E-state index in [9.17, 15) is 13.2 Å². The minimum atomic E-state index is -3.93. The van der Waals surface area contributed by atoms with Crippen LogP contribution in [0.4, 0.5) is 0 Å². The van der Waals surface area contributed by atoms with Crippen LogP contribution in [0.2, 0.25) is 0 Å². The van der Waals surface area contributed by atoms with Gasteiger partial charge in [-0.05, 0) is 42.0 Å². The predicted octanol–water partition coefficient (Wildman–Crippen LogP) is 3.38. The number of sulfonamides is 1. The zero-order valence-electron chi connectivity index (χ0n) is 18.4. The number of pyridine rings is 1. The van der Waals surface area contributed by atoms with Crippen molar-refractivity contribution in [3.63, 3.8) is 0 Å². The van der Waals surface area contributed by atoms with Gasteiger partial charge >= 0.3 is 0 Å². The van der Waals surface area contributed by atoms with Crippen LogP contribution in [0.25, 0.3) is 10.9 Å². The third kappa shape index (κ3) is 3.96. The highest BCUT2D eigenvalue weighted by atomic mass is 32.2. The molecule has 0 fully saturated rings.